The Balaban J connectivity index is 3.16. The van der Waals surface area contributed by atoms with Gasteiger partial charge in [0.05, 0.1) is 5.56 Å². The molecule has 0 radical (unpaired) electrons. The number of methoxy groups -OCH3 is 1. The van der Waals surface area contributed by atoms with E-state index in [9.17, 15) is 18.0 Å². The summed E-state index contributed by atoms with van der Waals surface area (Å²) < 4.78 is 43.1. The summed E-state index contributed by atoms with van der Waals surface area (Å²) >= 11 is 0. The zero-order valence-corrected chi connectivity index (χ0v) is 8.18. The molecule has 0 aromatic heterocycles. The summed E-state index contributed by atoms with van der Waals surface area (Å²) in [6, 6.07) is 1.60. The molecule has 1 atom stereocenters. The number of hydrogen-bond acceptors (Lipinski definition) is 2. The maximum absolute atomic E-state index is 13.1. The highest BCUT2D eigenvalue weighted by Gasteiger charge is 2.22. The Bertz CT molecular complexity index is 390. The third kappa shape index (κ3) is 2.18. The summed E-state index contributed by atoms with van der Waals surface area (Å²) in [6.45, 7) is 1.39. The van der Waals surface area contributed by atoms with Gasteiger partial charge in [-0.25, -0.2) is 13.2 Å². The maximum Gasteiger partial charge on any atom is 0.195 e. The molecule has 0 fully saturated rings. The highest BCUT2D eigenvalue weighted by molar-refractivity contribution is 5.99. The number of benzene rings is 1. The van der Waals surface area contributed by atoms with E-state index in [2.05, 4.69) is 4.74 Å². The van der Waals surface area contributed by atoms with Crippen molar-refractivity contribution < 1.29 is 22.7 Å². The van der Waals surface area contributed by atoms with Crippen molar-refractivity contribution in [2.24, 2.45) is 0 Å². The molecule has 0 aliphatic heterocycles. The number of carbonyl (C=O) groups excluding carboxylic acids is 1. The predicted octanol–water partition coefficient (Wildman–Crippen LogP) is 2.32. The van der Waals surface area contributed by atoms with Crippen LogP contribution in [0.25, 0.3) is 0 Å². The highest BCUT2D eigenvalue weighted by Crippen LogP contribution is 2.17. The monoisotopic (exact) mass is 218 g/mol. The van der Waals surface area contributed by atoms with Crippen molar-refractivity contribution in [1.29, 1.82) is 0 Å². The molecular formula is C10H9F3O2. The van der Waals surface area contributed by atoms with E-state index in [0.717, 1.165) is 6.07 Å². The van der Waals surface area contributed by atoms with Crippen LogP contribution in [0.5, 0.6) is 0 Å². The van der Waals surface area contributed by atoms with Crippen molar-refractivity contribution in [2.45, 2.75) is 13.0 Å². The minimum atomic E-state index is -1.65. The van der Waals surface area contributed by atoms with E-state index in [-0.39, 0.29) is 0 Å². The molecule has 82 valence electrons. The van der Waals surface area contributed by atoms with E-state index in [1.807, 2.05) is 0 Å². The van der Waals surface area contributed by atoms with Gasteiger partial charge in [-0.2, -0.15) is 0 Å². The van der Waals surface area contributed by atoms with Gasteiger partial charge >= 0.3 is 0 Å². The van der Waals surface area contributed by atoms with Crippen LogP contribution >= 0.6 is 0 Å². The number of Topliss-reactive ketones (excluding diaryl/α,β-unsaturated/α-hetero) is 1. The first kappa shape index (κ1) is 11.7. The molecule has 1 aromatic rings. The van der Waals surface area contributed by atoms with Gasteiger partial charge in [0.15, 0.2) is 23.2 Å². The van der Waals surface area contributed by atoms with Crippen LogP contribution in [-0.2, 0) is 4.74 Å². The molecule has 0 N–H and O–H groups in total. The average Bonchev–Trinajstić information content (AvgIpc) is 2.24. The molecule has 0 heterocycles. The van der Waals surface area contributed by atoms with Gasteiger partial charge in [-0.15, -0.1) is 0 Å². The Morgan fingerprint density at radius 3 is 2.40 bits per heavy atom. The van der Waals surface area contributed by atoms with E-state index >= 15 is 0 Å². The van der Waals surface area contributed by atoms with Crippen molar-refractivity contribution in [2.75, 3.05) is 7.11 Å². The van der Waals surface area contributed by atoms with Gasteiger partial charge in [-0.1, -0.05) is 0 Å². The van der Waals surface area contributed by atoms with Crippen LogP contribution in [0.15, 0.2) is 12.1 Å². The number of ketones is 1. The van der Waals surface area contributed by atoms with Gasteiger partial charge < -0.3 is 4.74 Å². The highest BCUT2D eigenvalue weighted by atomic mass is 19.2. The first-order chi connectivity index (χ1) is 6.99. The predicted molar refractivity (Wildman–Crippen MR) is 47.1 cm³/mol. The van der Waals surface area contributed by atoms with Gasteiger partial charge in [-0.3, -0.25) is 4.79 Å². The summed E-state index contributed by atoms with van der Waals surface area (Å²) in [5.74, 6) is -5.18. The van der Waals surface area contributed by atoms with Gasteiger partial charge in [0.2, 0.25) is 0 Å². The lowest BCUT2D eigenvalue weighted by Gasteiger charge is -2.09. The smallest absolute Gasteiger partial charge is 0.195 e. The largest absolute Gasteiger partial charge is 0.374 e. The molecule has 1 aromatic carbocycles. The summed E-state index contributed by atoms with van der Waals surface area (Å²) in [5.41, 5.74) is -0.511. The number of carbonyl (C=O) groups is 1. The quantitative estimate of drug-likeness (QED) is 0.574. The van der Waals surface area contributed by atoms with Gasteiger partial charge in [0, 0.05) is 7.11 Å². The second kappa shape index (κ2) is 4.44. The summed E-state index contributed by atoms with van der Waals surface area (Å²) in [4.78, 5) is 11.4. The van der Waals surface area contributed by atoms with Crippen molar-refractivity contribution in [3.8, 4) is 0 Å². The minimum Gasteiger partial charge on any atom is -0.374 e. The topological polar surface area (TPSA) is 26.3 Å². The van der Waals surface area contributed by atoms with Crippen LogP contribution < -0.4 is 0 Å². The van der Waals surface area contributed by atoms with Crippen LogP contribution in [0.3, 0.4) is 0 Å². The van der Waals surface area contributed by atoms with Crippen molar-refractivity contribution >= 4 is 5.78 Å². The van der Waals surface area contributed by atoms with E-state index < -0.39 is 34.9 Å². The maximum atomic E-state index is 13.1. The zero-order chi connectivity index (χ0) is 11.6. The molecule has 2 nitrogen and oxygen atoms in total. The molecule has 1 unspecified atom stereocenters. The fourth-order valence-electron chi connectivity index (χ4n) is 1.04. The molecular weight excluding hydrogens is 209 g/mol. The zero-order valence-electron chi connectivity index (χ0n) is 8.18. The lowest BCUT2D eigenvalue weighted by atomic mass is 10.1. The second-order valence-corrected chi connectivity index (χ2v) is 2.97. The fraction of sp³-hybridized carbons (Fsp3) is 0.300. The minimum absolute atomic E-state index is 0.511. The molecule has 0 aliphatic carbocycles. The number of rotatable bonds is 3. The Morgan fingerprint density at radius 2 is 1.87 bits per heavy atom. The van der Waals surface area contributed by atoms with Crippen LogP contribution in [-0.4, -0.2) is 19.0 Å². The van der Waals surface area contributed by atoms with Crippen molar-refractivity contribution in [3.63, 3.8) is 0 Å². The molecule has 5 heteroatoms. The van der Waals surface area contributed by atoms with Crippen LogP contribution in [0.4, 0.5) is 13.2 Å². The molecule has 1 rings (SSSR count). The molecule has 0 saturated heterocycles. The normalized spacial score (nSPS) is 12.6. The van der Waals surface area contributed by atoms with E-state index in [4.69, 9.17) is 0 Å². The lowest BCUT2D eigenvalue weighted by Crippen LogP contribution is -2.21. The lowest BCUT2D eigenvalue weighted by molar-refractivity contribution is 0.0650. The Kier molecular flexibility index (Phi) is 3.47. The molecule has 0 spiro atoms. The average molecular weight is 218 g/mol. The summed E-state index contributed by atoms with van der Waals surface area (Å²) in [5, 5.41) is 0. The number of hydrogen-bond donors (Lipinski definition) is 0. The van der Waals surface area contributed by atoms with Crippen LogP contribution in [0, 0.1) is 17.5 Å². The standard InChI is InChI=1S/C10H9F3O2/c1-5(15-2)10(14)6-3-4-7(11)9(13)8(6)12/h3-5H,1-2H3. The molecule has 0 bridgehead atoms. The Labute approximate surface area is 84.7 Å². The van der Waals surface area contributed by atoms with Crippen LogP contribution in [0.2, 0.25) is 0 Å². The molecule has 0 amide bonds. The second-order valence-electron chi connectivity index (χ2n) is 2.97. The van der Waals surface area contributed by atoms with Gasteiger partial charge in [0.1, 0.15) is 6.10 Å². The van der Waals surface area contributed by atoms with E-state index in [0.29, 0.717) is 6.07 Å². The van der Waals surface area contributed by atoms with Crippen LogP contribution in [0.1, 0.15) is 17.3 Å². The Morgan fingerprint density at radius 1 is 1.27 bits per heavy atom. The van der Waals surface area contributed by atoms with Gasteiger partial charge in [0.25, 0.3) is 0 Å². The van der Waals surface area contributed by atoms with E-state index in [1.54, 1.807) is 0 Å². The molecule has 0 saturated carbocycles. The molecule has 15 heavy (non-hydrogen) atoms. The summed E-state index contributed by atoms with van der Waals surface area (Å²) in [6.07, 6.45) is -0.899. The number of ether oxygens (including phenoxy) is 1. The summed E-state index contributed by atoms with van der Waals surface area (Å²) in [7, 11) is 1.26. The van der Waals surface area contributed by atoms with Crippen molar-refractivity contribution in [3.05, 3.63) is 35.1 Å². The first-order valence-electron chi connectivity index (χ1n) is 4.19. The third-order valence-electron chi connectivity index (χ3n) is 2.02. The molecule has 0 aliphatic rings. The SMILES string of the molecule is COC(C)C(=O)c1ccc(F)c(F)c1F. The van der Waals surface area contributed by atoms with Gasteiger partial charge in [-0.05, 0) is 19.1 Å². The third-order valence-corrected chi connectivity index (χ3v) is 2.02. The first-order valence-corrected chi connectivity index (χ1v) is 4.19. The Hall–Kier alpha value is -1.36. The number of halogens is 3. The van der Waals surface area contributed by atoms with E-state index in [1.165, 1.54) is 14.0 Å². The fourth-order valence-corrected chi connectivity index (χ4v) is 1.04. The van der Waals surface area contributed by atoms with Crippen molar-refractivity contribution in [1.82, 2.24) is 0 Å².